The molecule has 0 amide bonds. The normalized spacial score (nSPS) is 10.8. The van der Waals surface area contributed by atoms with Gasteiger partial charge < -0.3 is 4.42 Å². The molecule has 0 unspecified atom stereocenters. The molecule has 0 radical (unpaired) electrons. The van der Waals surface area contributed by atoms with Crippen LogP contribution in [0, 0.1) is 6.92 Å². The minimum Gasteiger partial charge on any atom is -0.468 e. The Bertz CT molecular complexity index is 531. The topological polar surface area (TPSA) is 78.9 Å². The molecule has 12 heavy (non-hydrogen) atoms. The number of hydrogen-bond donors (Lipinski definition) is 2. The van der Waals surface area contributed by atoms with Gasteiger partial charge in [-0.2, -0.15) is 0 Å². The molecule has 0 atom stereocenters. The van der Waals surface area contributed by atoms with E-state index < -0.39 is 0 Å². The molecule has 0 saturated heterocycles. The summed E-state index contributed by atoms with van der Waals surface area (Å²) in [5.74, 6) is 0.456. The van der Waals surface area contributed by atoms with Gasteiger partial charge in [0.25, 0.3) is 11.1 Å². The molecule has 2 aromatic heterocycles. The fraction of sp³-hybridized carbons (Fsp3) is 0.143. The predicted molar refractivity (Wildman–Crippen MR) is 42.2 cm³/mol. The van der Waals surface area contributed by atoms with Crippen molar-refractivity contribution in [1.29, 1.82) is 0 Å². The van der Waals surface area contributed by atoms with E-state index in [0.717, 1.165) is 0 Å². The number of furan rings is 1. The van der Waals surface area contributed by atoms with Crippen LogP contribution in [0.25, 0.3) is 10.8 Å². The standard InChI is InChI=1S/C7H6N2O3/c1-3-5-4(2-12-3)6(10)8-9-7(5)11/h2H,1H3,(H,8,10)(H,9,11). The Morgan fingerprint density at radius 2 is 1.92 bits per heavy atom. The van der Waals surface area contributed by atoms with Crippen molar-refractivity contribution in [3.8, 4) is 0 Å². The summed E-state index contributed by atoms with van der Waals surface area (Å²) in [6, 6.07) is 0. The van der Waals surface area contributed by atoms with Crippen LogP contribution in [0.2, 0.25) is 0 Å². The minimum atomic E-state index is -0.346. The zero-order valence-corrected chi connectivity index (χ0v) is 6.30. The van der Waals surface area contributed by atoms with E-state index in [0.29, 0.717) is 11.1 Å². The maximum atomic E-state index is 11.1. The summed E-state index contributed by atoms with van der Waals surface area (Å²) in [5.41, 5.74) is -0.683. The summed E-state index contributed by atoms with van der Waals surface area (Å²) >= 11 is 0. The van der Waals surface area contributed by atoms with Gasteiger partial charge in [-0.05, 0) is 6.92 Å². The number of hydrogen-bond acceptors (Lipinski definition) is 3. The van der Waals surface area contributed by atoms with Gasteiger partial charge in [-0.3, -0.25) is 19.8 Å². The smallest absolute Gasteiger partial charge is 0.274 e. The lowest BCUT2D eigenvalue weighted by molar-refractivity contribution is 0.539. The second-order valence-electron chi connectivity index (χ2n) is 2.49. The number of rotatable bonds is 0. The number of H-pyrrole nitrogens is 2. The third kappa shape index (κ3) is 0.730. The molecular formula is C7H6N2O3. The molecule has 2 N–H and O–H groups in total. The summed E-state index contributed by atoms with van der Waals surface area (Å²) in [4.78, 5) is 22.2. The molecule has 0 saturated carbocycles. The highest BCUT2D eigenvalue weighted by Gasteiger charge is 2.08. The van der Waals surface area contributed by atoms with Crippen LogP contribution in [-0.2, 0) is 0 Å². The molecule has 0 bridgehead atoms. The van der Waals surface area contributed by atoms with Gasteiger partial charge in [-0.1, -0.05) is 0 Å². The van der Waals surface area contributed by atoms with Gasteiger partial charge in [0.1, 0.15) is 12.0 Å². The molecule has 5 heteroatoms. The van der Waals surface area contributed by atoms with Gasteiger partial charge in [0.05, 0.1) is 10.8 Å². The van der Waals surface area contributed by atoms with Crippen LogP contribution in [0.4, 0.5) is 0 Å². The molecular weight excluding hydrogens is 160 g/mol. The predicted octanol–water partition coefficient (Wildman–Crippen LogP) is 0.118. The average Bonchev–Trinajstić information content (AvgIpc) is 2.42. The fourth-order valence-electron chi connectivity index (χ4n) is 1.15. The van der Waals surface area contributed by atoms with Gasteiger partial charge in [0.2, 0.25) is 0 Å². The second kappa shape index (κ2) is 2.10. The van der Waals surface area contributed by atoms with Gasteiger partial charge >= 0.3 is 0 Å². The quantitative estimate of drug-likeness (QED) is 0.583. The SMILES string of the molecule is Cc1occ2c(=O)[nH][nH]c(=O)c12. The van der Waals surface area contributed by atoms with E-state index in [1.54, 1.807) is 6.92 Å². The van der Waals surface area contributed by atoms with E-state index in [1.807, 2.05) is 0 Å². The first-order valence-corrected chi connectivity index (χ1v) is 3.39. The van der Waals surface area contributed by atoms with Gasteiger partial charge in [-0.15, -0.1) is 0 Å². The maximum Gasteiger partial charge on any atom is 0.274 e. The first-order chi connectivity index (χ1) is 5.70. The van der Waals surface area contributed by atoms with E-state index in [1.165, 1.54) is 6.26 Å². The lowest BCUT2D eigenvalue weighted by Gasteiger charge is -1.85. The molecule has 0 aliphatic carbocycles. The van der Waals surface area contributed by atoms with Crippen LogP contribution in [0.1, 0.15) is 5.76 Å². The van der Waals surface area contributed by atoms with Gasteiger partial charge in [0, 0.05) is 0 Å². The van der Waals surface area contributed by atoms with Crippen LogP contribution in [0.3, 0.4) is 0 Å². The van der Waals surface area contributed by atoms with Crippen molar-refractivity contribution in [2.75, 3.05) is 0 Å². The van der Waals surface area contributed by atoms with E-state index in [2.05, 4.69) is 10.2 Å². The number of fused-ring (bicyclic) bond motifs is 1. The molecule has 0 aliphatic heterocycles. The van der Waals surface area contributed by atoms with Crippen molar-refractivity contribution in [1.82, 2.24) is 10.2 Å². The molecule has 0 aromatic carbocycles. The van der Waals surface area contributed by atoms with Crippen LogP contribution in [0.5, 0.6) is 0 Å². The largest absolute Gasteiger partial charge is 0.468 e. The Morgan fingerprint density at radius 1 is 1.25 bits per heavy atom. The van der Waals surface area contributed by atoms with Crippen LogP contribution in [-0.4, -0.2) is 10.2 Å². The number of aromatic amines is 2. The molecule has 0 spiro atoms. The Labute approximate surface area is 66.0 Å². The molecule has 0 fully saturated rings. The van der Waals surface area contributed by atoms with Crippen molar-refractivity contribution in [2.24, 2.45) is 0 Å². The summed E-state index contributed by atoms with van der Waals surface area (Å²) in [6.07, 6.45) is 1.28. The molecule has 2 heterocycles. The van der Waals surface area contributed by atoms with Crippen LogP contribution >= 0.6 is 0 Å². The van der Waals surface area contributed by atoms with Crippen molar-refractivity contribution in [3.63, 3.8) is 0 Å². The van der Waals surface area contributed by atoms with E-state index >= 15 is 0 Å². The van der Waals surface area contributed by atoms with Crippen LogP contribution in [0.15, 0.2) is 20.3 Å². The Balaban J connectivity index is 3.20. The lowest BCUT2D eigenvalue weighted by Crippen LogP contribution is -2.17. The summed E-state index contributed by atoms with van der Waals surface area (Å²) < 4.78 is 4.94. The molecule has 5 nitrogen and oxygen atoms in total. The maximum absolute atomic E-state index is 11.1. The second-order valence-corrected chi connectivity index (χ2v) is 2.49. The van der Waals surface area contributed by atoms with Crippen molar-refractivity contribution >= 4 is 10.8 Å². The lowest BCUT2D eigenvalue weighted by atomic mass is 10.3. The number of nitrogens with one attached hydrogen (secondary N) is 2. The van der Waals surface area contributed by atoms with E-state index in [-0.39, 0.29) is 16.5 Å². The summed E-state index contributed by atoms with van der Waals surface area (Å²) in [5, 5.41) is 5.03. The van der Waals surface area contributed by atoms with Crippen molar-refractivity contribution in [3.05, 3.63) is 32.7 Å². The monoisotopic (exact) mass is 166 g/mol. The number of aryl methyl sites for hydroxylation is 1. The summed E-state index contributed by atoms with van der Waals surface area (Å²) in [6.45, 7) is 1.64. The number of aromatic nitrogens is 2. The highest BCUT2D eigenvalue weighted by atomic mass is 16.3. The van der Waals surface area contributed by atoms with Crippen molar-refractivity contribution in [2.45, 2.75) is 6.92 Å². The first-order valence-electron chi connectivity index (χ1n) is 3.39. The first kappa shape index (κ1) is 6.90. The average molecular weight is 166 g/mol. The third-order valence-electron chi connectivity index (χ3n) is 1.74. The molecule has 2 aromatic rings. The van der Waals surface area contributed by atoms with Crippen LogP contribution < -0.4 is 11.1 Å². The van der Waals surface area contributed by atoms with E-state index in [4.69, 9.17) is 4.42 Å². The third-order valence-corrected chi connectivity index (χ3v) is 1.74. The van der Waals surface area contributed by atoms with E-state index in [9.17, 15) is 9.59 Å². The van der Waals surface area contributed by atoms with Crippen molar-refractivity contribution < 1.29 is 4.42 Å². The molecule has 0 aliphatic rings. The Kier molecular flexibility index (Phi) is 1.21. The molecule has 62 valence electrons. The fourth-order valence-corrected chi connectivity index (χ4v) is 1.15. The zero-order chi connectivity index (χ0) is 8.72. The van der Waals surface area contributed by atoms with Gasteiger partial charge in [-0.25, -0.2) is 0 Å². The van der Waals surface area contributed by atoms with Gasteiger partial charge in [0.15, 0.2) is 0 Å². The Morgan fingerprint density at radius 3 is 2.58 bits per heavy atom. The minimum absolute atomic E-state index is 0.288. The summed E-state index contributed by atoms with van der Waals surface area (Å²) in [7, 11) is 0. The highest BCUT2D eigenvalue weighted by Crippen LogP contribution is 2.10. The molecule has 2 rings (SSSR count). The zero-order valence-electron chi connectivity index (χ0n) is 6.30. The highest BCUT2D eigenvalue weighted by molar-refractivity contribution is 5.81. The Hall–Kier alpha value is -1.78.